The Bertz CT molecular complexity index is 2290. The van der Waals surface area contributed by atoms with Crippen LogP contribution in [-0.2, 0) is 55.3 Å². The van der Waals surface area contributed by atoms with Gasteiger partial charge >= 0.3 is 0 Å². The molecule has 1 aliphatic rings. The lowest BCUT2D eigenvalue weighted by Crippen LogP contribution is -2.58. The van der Waals surface area contributed by atoms with Gasteiger partial charge in [0.1, 0.15) is 29.4 Å². The van der Waals surface area contributed by atoms with E-state index in [9.17, 15) is 24.0 Å². The van der Waals surface area contributed by atoms with Crippen LogP contribution < -0.4 is 15.4 Å². The summed E-state index contributed by atoms with van der Waals surface area (Å²) in [5.74, 6) is -1.16. The largest absolute Gasteiger partial charge is 0.457 e. The van der Waals surface area contributed by atoms with Crippen LogP contribution in [0, 0.1) is 5.92 Å². The van der Waals surface area contributed by atoms with E-state index in [1.165, 1.54) is 21.8 Å². The third-order valence-electron chi connectivity index (χ3n) is 11.8. The van der Waals surface area contributed by atoms with Gasteiger partial charge in [0.05, 0.1) is 31.6 Å². The van der Waals surface area contributed by atoms with Crippen LogP contribution in [-0.4, -0.2) is 131 Å². The first-order valence-corrected chi connectivity index (χ1v) is 22.5. The number of nitrogens with one attached hydrogen (secondary N) is 2. The number of carbonyl (C=O) groups excluding carboxylic acids is 5. The average molecular weight is 934 g/mol. The SMILES string of the molecule is CC[C@H]1C(=O)N[C@@H](COC)C(=O)N(C)[C@@H](Cc2ccc(Cl)cc2)CC(=O)NC[C@H](C)N(C)C(=O)[C@H](C)CC(=O)N1Cc1ccc(Cl)cc1Oc1ccc(-c2cnc(CN(C)C)n2C)cc1. The Balaban J connectivity index is 1.49. The smallest absolute Gasteiger partial charge is 0.247 e. The highest BCUT2D eigenvalue weighted by Crippen LogP contribution is 2.32. The van der Waals surface area contributed by atoms with Gasteiger partial charge in [0.2, 0.25) is 29.5 Å². The normalized spacial score (nSPS) is 21.0. The number of nitrogens with zero attached hydrogens (tertiary/aromatic N) is 6. The van der Waals surface area contributed by atoms with E-state index in [1.807, 2.05) is 75.2 Å². The van der Waals surface area contributed by atoms with Crippen molar-refractivity contribution in [2.75, 3.05) is 48.5 Å². The third-order valence-corrected chi connectivity index (χ3v) is 12.3. The summed E-state index contributed by atoms with van der Waals surface area (Å²) in [6.07, 6.45) is 2.03. The molecular formula is C48H62Cl2N8O7. The molecule has 0 saturated carbocycles. The number of hydrogen-bond acceptors (Lipinski definition) is 9. The minimum Gasteiger partial charge on any atom is -0.457 e. The number of aromatic nitrogens is 2. The quantitative estimate of drug-likeness (QED) is 0.175. The number of hydrogen-bond donors (Lipinski definition) is 2. The summed E-state index contributed by atoms with van der Waals surface area (Å²) in [5.41, 5.74) is 3.28. The van der Waals surface area contributed by atoms with E-state index in [1.54, 1.807) is 58.3 Å². The summed E-state index contributed by atoms with van der Waals surface area (Å²) in [5, 5.41) is 6.73. The maximum Gasteiger partial charge on any atom is 0.247 e. The topological polar surface area (TPSA) is 159 Å². The van der Waals surface area contributed by atoms with Crippen molar-refractivity contribution in [3.8, 4) is 22.8 Å². The van der Waals surface area contributed by atoms with Gasteiger partial charge in [0, 0.05) is 86.8 Å². The number of ether oxygens (including phenoxy) is 2. The van der Waals surface area contributed by atoms with E-state index in [4.69, 9.17) is 32.7 Å². The monoisotopic (exact) mass is 932 g/mol. The molecule has 0 radical (unpaired) electrons. The van der Waals surface area contributed by atoms with Crippen molar-refractivity contribution >= 4 is 52.7 Å². The predicted molar refractivity (Wildman–Crippen MR) is 251 cm³/mol. The summed E-state index contributed by atoms with van der Waals surface area (Å²) >= 11 is 12.7. The zero-order valence-corrected chi connectivity index (χ0v) is 40.3. The predicted octanol–water partition coefficient (Wildman–Crippen LogP) is 5.95. The van der Waals surface area contributed by atoms with Crippen molar-refractivity contribution in [3.05, 3.63) is 99.9 Å². The minimum atomic E-state index is -1.17. The van der Waals surface area contributed by atoms with Gasteiger partial charge in [-0.1, -0.05) is 55.2 Å². The third kappa shape index (κ3) is 13.3. The Morgan fingerprint density at radius 1 is 0.862 bits per heavy atom. The summed E-state index contributed by atoms with van der Waals surface area (Å²) in [6, 6.07) is 16.4. The minimum absolute atomic E-state index is 0.0584. The van der Waals surface area contributed by atoms with Gasteiger partial charge in [-0.3, -0.25) is 24.0 Å². The Labute approximate surface area is 392 Å². The van der Waals surface area contributed by atoms with Gasteiger partial charge in [-0.15, -0.1) is 0 Å². The second kappa shape index (κ2) is 23.1. The van der Waals surface area contributed by atoms with Crippen LogP contribution in [0.15, 0.2) is 72.9 Å². The van der Waals surface area contributed by atoms with Gasteiger partial charge in [-0.25, -0.2) is 4.98 Å². The molecule has 17 heteroatoms. The Hall–Kier alpha value is -5.48. The van der Waals surface area contributed by atoms with Gasteiger partial charge in [0.25, 0.3) is 0 Å². The van der Waals surface area contributed by atoms with E-state index in [2.05, 4.69) is 20.5 Å². The molecule has 1 aliphatic heterocycles. The van der Waals surface area contributed by atoms with Crippen molar-refractivity contribution in [2.45, 2.75) is 83.7 Å². The van der Waals surface area contributed by atoms with Gasteiger partial charge < -0.3 is 44.3 Å². The molecule has 5 rings (SSSR count). The number of imidazole rings is 1. The number of amides is 5. The van der Waals surface area contributed by atoms with Crippen molar-refractivity contribution in [2.24, 2.45) is 13.0 Å². The lowest BCUT2D eigenvalue weighted by atomic mass is 10.00. The fraction of sp³-hybridized carbons (Fsp3) is 0.458. The first-order chi connectivity index (χ1) is 30.9. The van der Waals surface area contributed by atoms with Crippen LogP contribution in [0.25, 0.3) is 11.3 Å². The molecular weight excluding hydrogens is 871 g/mol. The number of likely N-dealkylation sites (N-methyl/N-ethyl adjacent to an activating group) is 2. The highest BCUT2D eigenvalue weighted by atomic mass is 35.5. The zero-order valence-electron chi connectivity index (χ0n) is 38.8. The molecule has 4 aromatic rings. The Morgan fingerprint density at radius 3 is 2.18 bits per heavy atom. The summed E-state index contributed by atoms with van der Waals surface area (Å²) in [6.45, 7) is 5.80. The van der Waals surface area contributed by atoms with Crippen molar-refractivity contribution < 1.29 is 33.4 Å². The van der Waals surface area contributed by atoms with Crippen LogP contribution in [0.2, 0.25) is 10.0 Å². The molecule has 65 heavy (non-hydrogen) atoms. The van der Waals surface area contributed by atoms with E-state index in [-0.39, 0.29) is 50.8 Å². The van der Waals surface area contributed by atoms with E-state index in [0.717, 1.165) is 22.6 Å². The fourth-order valence-electron chi connectivity index (χ4n) is 7.81. The lowest BCUT2D eigenvalue weighted by Gasteiger charge is -2.35. The first kappa shape index (κ1) is 50.5. The molecule has 1 aromatic heterocycles. The number of benzene rings is 3. The van der Waals surface area contributed by atoms with Crippen LogP contribution >= 0.6 is 23.2 Å². The molecule has 3 aromatic carbocycles. The number of methoxy groups -OCH3 is 1. The molecule has 0 unspecified atom stereocenters. The molecule has 1 saturated heterocycles. The van der Waals surface area contributed by atoms with Crippen molar-refractivity contribution in [1.29, 1.82) is 0 Å². The van der Waals surface area contributed by atoms with Gasteiger partial charge in [-0.2, -0.15) is 0 Å². The van der Waals surface area contributed by atoms with Gasteiger partial charge in [-0.05, 0) is 88.0 Å². The molecule has 2 N–H and O–H groups in total. The van der Waals surface area contributed by atoms with E-state index < -0.39 is 47.8 Å². The Morgan fingerprint density at radius 2 is 1.54 bits per heavy atom. The number of carbonyl (C=O) groups is 5. The van der Waals surface area contributed by atoms with Crippen LogP contribution in [0.3, 0.4) is 0 Å². The van der Waals surface area contributed by atoms with Crippen molar-refractivity contribution in [3.63, 3.8) is 0 Å². The van der Waals surface area contributed by atoms with Crippen molar-refractivity contribution in [1.82, 2.24) is 39.8 Å². The second-order valence-corrected chi connectivity index (χ2v) is 17.9. The fourth-order valence-corrected chi connectivity index (χ4v) is 8.10. The summed E-state index contributed by atoms with van der Waals surface area (Å²) < 4.78 is 13.9. The van der Waals surface area contributed by atoms with Crippen LogP contribution in [0.5, 0.6) is 11.5 Å². The molecule has 1 fully saturated rings. The van der Waals surface area contributed by atoms with E-state index in [0.29, 0.717) is 40.1 Å². The molecule has 2 heterocycles. The Kier molecular flexibility index (Phi) is 18.0. The molecule has 5 atom stereocenters. The van der Waals surface area contributed by atoms with Crippen LogP contribution in [0.1, 0.15) is 57.0 Å². The first-order valence-electron chi connectivity index (χ1n) is 21.8. The van der Waals surface area contributed by atoms with Gasteiger partial charge in [0.15, 0.2) is 0 Å². The standard InChI is InChI=1S/C48H62Cl2N8O7/c1-10-40-46(61)53-39(29-64-9)48(63)56(7)37(22-32-11-16-35(49)17-12-32)24-44(59)52-25-31(3)55(6)47(62)30(2)21-45(60)58(40)27-34-13-18-36(50)23-42(34)65-38-19-14-33(15-20-38)41-26-51-43(57(41)8)28-54(4)5/h11-20,23,26,30-31,37,39-40H,10,21-22,24-25,27-29H2,1-9H3,(H,52,59)(H,53,61)/t30-,31+,37+,39+,40+/m1/s1. The molecule has 350 valence electrons. The maximum atomic E-state index is 14.6. The summed E-state index contributed by atoms with van der Waals surface area (Å²) in [4.78, 5) is 81.9. The molecule has 0 spiro atoms. The molecule has 15 nitrogen and oxygen atoms in total. The number of rotatable bonds is 12. The van der Waals surface area contributed by atoms with E-state index >= 15 is 0 Å². The molecule has 0 bridgehead atoms. The second-order valence-electron chi connectivity index (χ2n) is 17.0. The molecule has 0 aliphatic carbocycles. The average Bonchev–Trinajstić information content (AvgIpc) is 3.63. The zero-order chi connectivity index (χ0) is 47.5. The van der Waals surface area contributed by atoms with Crippen LogP contribution in [0.4, 0.5) is 0 Å². The lowest BCUT2D eigenvalue weighted by molar-refractivity contribution is -0.147. The maximum absolute atomic E-state index is 14.6. The molecule has 5 amide bonds. The highest BCUT2D eigenvalue weighted by Gasteiger charge is 2.36. The number of halogens is 2. The summed E-state index contributed by atoms with van der Waals surface area (Å²) in [7, 11) is 10.6. The highest BCUT2D eigenvalue weighted by molar-refractivity contribution is 6.31.